The Kier molecular flexibility index (Phi) is 5.77. The summed E-state index contributed by atoms with van der Waals surface area (Å²) in [7, 11) is 0. The molecule has 3 rings (SSSR count). The molecule has 7 heteroatoms. The van der Waals surface area contributed by atoms with Gasteiger partial charge < -0.3 is 0 Å². The molecule has 0 bridgehead atoms. The van der Waals surface area contributed by atoms with E-state index in [-0.39, 0.29) is 24.2 Å². The van der Waals surface area contributed by atoms with Crippen molar-refractivity contribution in [1.29, 1.82) is 0 Å². The van der Waals surface area contributed by atoms with Gasteiger partial charge in [-0.05, 0) is 18.2 Å². The minimum atomic E-state index is -4.59. The van der Waals surface area contributed by atoms with Gasteiger partial charge in [-0.2, -0.15) is 13.2 Å². The first kappa shape index (κ1) is 19.0. The molecule has 1 heterocycles. The Bertz CT molecular complexity index is 847. The molecular formula is C19H15F3O2S2. The lowest BCUT2D eigenvalue weighted by Gasteiger charge is -2.15. The van der Waals surface area contributed by atoms with Crippen LogP contribution < -0.4 is 0 Å². The number of carbonyl (C=O) groups is 2. The summed E-state index contributed by atoms with van der Waals surface area (Å²) in [6.07, 6.45) is -4.95. The SMILES string of the molecule is O=C(CCC(=O)c1ccccc1C(F)(F)F)c1ccc2c(c1)SCCS2. The molecule has 0 saturated heterocycles. The van der Waals surface area contributed by atoms with Gasteiger partial charge >= 0.3 is 6.18 Å². The fourth-order valence-electron chi connectivity index (χ4n) is 2.70. The van der Waals surface area contributed by atoms with Gasteiger partial charge in [-0.3, -0.25) is 9.59 Å². The molecule has 0 saturated carbocycles. The van der Waals surface area contributed by atoms with E-state index in [2.05, 4.69) is 0 Å². The number of rotatable bonds is 5. The highest BCUT2D eigenvalue weighted by molar-refractivity contribution is 8.05. The standard InChI is InChI=1S/C19H15F3O2S2/c20-19(21,22)14-4-2-1-3-13(14)16(24)7-6-15(23)12-5-8-17-18(11-12)26-10-9-25-17/h1-5,8,11H,6-7,9-10H2. The van der Waals surface area contributed by atoms with Crippen molar-refractivity contribution in [3.63, 3.8) is 0 Å². The number of ketones is 2. The van der Waals surface area contributed by atoms with E-state index in [0.29, 0.717) is 5.56 Å². The van der Waals surface area contributed by atoms with Gasteiger partial charge in [0, 0.05) is 45.3 Å². The third-order valence-electron chi connectivity index (χ3n) is 3.98. The van der Waals surface area contributed by atoms with Crippen LogP contribution in [0.15, 0.2) is 52.3 Å². The molecule has 26 heavy (non-hydrogen) atoms. The van der Waals surface area contributed by atoms with Crippen LogP contribution in [0.3, 0.4) is 0 Å². The number of thioether (sulfide) groups is 2. The second kappa shape index (κ2) is 7.88. The van der Waals surface area contributed by atoms with Crippen molar-refractivity contribution >= 4 is 35.1 Å². The van der Waals surface area contributed by atoms with E-state index in [1.54, 1.807) is 29.6 Å². The van der Waals surface area contributed by atoms with Crippen molar-refractivity contribution in [2.24, 2.45) is 0 Å². The Labute approximate surface area is 157 Å². The first-order chi connectivity index (χ1) is 12.4. The minimum absolute atomic E-state index is 0.110. The van der Waals surface area contributed by atoms with Crippen molar-refractivity contribution < 1.29 is 22.8 Å². The van der Waals surface area contributed by atoms with Crippen molar-refractivity contribution in [2.75, 3.05) is 11.5 Å². The van der Waals surface area contributed by atoms with Gasteiger partial charge in [-0.15, -0.1) is 23.5 Å². The molecule has 0 aromatic heterocycles. The Balaban J connectivity index is 1.70. The topological polar surface area (TPSA) is 34.1 Å². The maximum Gasteiger partial charge on any atom is 0.417 e. The lowest BCUT2D eigenvalue weighted by Crippen LogP contribution is -2.14. The fourth-order valence-corrected chi connectivity index (χ4v) is 4.94. The summed E-state index contributed by atoms with van der Waals surface area (Å²) in [5.41, 5.74) is -0.847. The molecular weight excluding hydrogens is 381 g/mol. The van der Waals surface area contributed by atoms with Crippen molar-refractivity contribution in [3.8, 4) is 0 Å². The molecule has 0 amide bonds. The molecule has 1 aliphatic heterocycles. The van der Waals surface area contributed by atoms with E-state index in [4.69, 9.17) is 0 Å². The molecule has 1 aliphatic rings. The number of benzene rings is 2. The zero-order valence-corrected chi connectivity index (χ0v) is 15.3. The van der Waals surface area contributed by atoms with E-state index in [1.807, 2.05) is 12.1 Å². The predicted molar refractivity (Wildman–Crippen MR) is 97.2 cm³/mol. The molecule has 0 aliphatic carbocycles. The highest BCUT2D eigenvalue weighted by Gasteiger charge is 2.34. The van der Waals surface area contributed by atoms with Gasteiger partial charge in [0.15, 0.2) is 11.6 Å². The van der Waals surface area contributed by atoms with Crippen LogP contribution in [-0.2, 0) is 6.18 Å². The third kappa shape index (κ3) is 4.32. The van der Waals surface area contributed by atoms with E-state index in [1.165, 1.54) is 12.1 Å². The Morgan fingerprint density at radius 2 is 1.54 bits per heavy atom. The zero-order chi connectivity index (χ0) is 18.7. The average molecular weight is 396 g/mol. The monoisotopic (exact) mass is 396 g/mol. The van der Waals surface area contributed by atoms with Crippen LogP contribution in [0.1, 0.15) is 39.1 Å². The quantitative estimate of drug-likeness (QED) is 0.603. The lowest BCUT2D eigenvalue weighted by atomic mass is 9.98. The molecule has 2 nitrogen and oxygen atoms in total. The Morgan fingerprint density at radius 1 is 0.885 bits per heavy atom. The summed E-state index contributed by atoms with van der Waals surface area (Å²) in [5, 5.41) is 0. The third-order valence-corrected chi connectivity index (χ3v) is 6.50. The molecule has 0 fully saturated rings. The summed E-state index contributed by atoms with van der Waals surface area (Å²) >= 11 is 3.42. The zero-order valence-electron chi connectivity index (χ0n) is 13.6. The number of alkyl halides is 3. The summed E-state index contributed by atoms with van der Waals surface area (Å²) in [6.45, 7) is 0. The van der Waals surface area contributed by atoms with Crippen LogP contribution >= 0.6 is 23.5 Å². The highest BCUT2D eigenvalue weighted by Crippen LogP contribution is 2.37. The number of carbonyl (C=O) groups excluding carboxylic acids is 2. The van der Waals surface area contributed by atoms with E-state index in [9.17, 15) is 22.8 Å². The molecule has 0 unspecified atom stereocenters. The van der Waals surface area contributed by atoms with Crippen LogP contribution in [0.5, 0.6) is 0 Å². The van der Waals surface area contributed by atoms with Gasteiger partial charge in [0.1, 0.15) is 0 Å². The summed E-state index contributed by atoms with van der Waals surface area (Å²) in [4.78, 5) is 26.8. The Morgan fingerprint density at radius 3 is 2.27 bits per heavy atom. The first-order valence-corrected chi connectivity index (χ1v) is 9.95. The first-order valence-electron chi connectivity index (χ1n) is 7.98. The smallest absolute Gasteiger partial charge is 0.294 e. The average Bonchev–Trinajstić information content (AvgIpc) is 2.64. The Hall–Kier alpha value is -1.73. The number of halogens is 3. The number of hydrogen-bond acceptors (Lipinski definition) is 4. The van der Waals surface area contributed by atoms with Crippen LogP contribution in [-0.4, -0.2) is 23.1 Å². The maximum absolute atomic E-state index is 13.0. The fraction of sp³-hybridized carbons (Fsp3) is 0.263. The summed E-state index contributed by atoms with van der Waals surface area (Å²) in [6, 6.07) is 10.1. The van der Waals surface area contributed by atoms with Crippen molar-refractivity contribution in [1.82, 2.24) is 0 Å². The van der Waals surface area contributed by atoms with Crippen molar-refractivity contribution in [3.05, 3.63) is 59.2 Å². The molecule has 0 N–H and O–H groups in total. The molecule has 2 aromatic rings. The second-order valence-electron chi connectivity index (χ2n) is 5.75. The highest BCUT2D eigenvalue weighted by atomic mass is 32.2. The minimum Gasteiger partial charge on any atom is -0.294 e. The summed E-state index contributed by atoms with van der Waals surface area (Å²) in [5.74, 6) is 1.09. The van der Waals surface area contributed by atoms with Gasteiger partial charge in [-0.25, -0.2) is 0 Å². The van der Waals surface area contributed by atoms with Crippen LogP contribution in [0.4, 0.5) is 13.2 Å². The molecule has 0 atom stereocenters. The number of fused-ring (bicyclic) bond motifs is 1. The van der Waals surface area contributed by atoms with E-state index >= 15 is 0 Å². The number of Topliss-reactive ketones (excluding diaryl/α,β-unsaturated/α-hetero) is 2. The molecule has 0 radical (unpaired) electrons. The number of hydrogen-bond donors (Lipinski definition) is 0. The van der Waals surface area contributed by atoms with Gasteiger partial charge in [0.2, 0.25) is 0 Å². The predicted octanol–water partition coefficient (Wildman–Crippen LogP) is 5.75. The normalized spacial score (nSPS) is 14.0. The molecule has 0 spiro atoms. The molecule has 2 aromatic carbocycles. The largest absolute Gasteiger partial charge is 0.417 e. The van der Waals surface area contributed by atoms with E-state index < -0.39 is 17.5 Å². The molecule has 136 valence electrons. The van der Waals surface area contributed by atoms with Crippen LogP contribution in [0, 0.1) is 0 Å². The lowest BCUT2D eigenvalue weighted by molar-refractivity contribution is -0.137. The maximum atomic E-state index is 13.0. The van der Waals surface area contributed by atoms with Gasteiger partial charge in [0.25, 0.3) is 0 Å². The van der Waals surface area contributed by atoms with Crippen LogP contribution in [0.25, 0.3) is 0 Å². The second-order valence-corrected chi connectivity index (χ2v) is 8.02. The summed E-state index contributed by atoms with van der Waals surface area (Å²) < 4.78 is 39.0. The van der Waals surface area contributed by atoms with Crippen LogP contribution in [0.2, 0.25) is 0 Å². The van der Waals surface area contributed by atoms with Gasteiger partial charge in [-0.1, -0.05) is 24.3 Å². The van der Waals surface area contributed by atoms with Gasteiger partial charge in [0.05, 0.1) is 5.56 Å². The van der Waals surface area contributed by atoms with Crippen molar-refractivity contribution in [2.45, 2.75) is 28.8 Å². The van der Waals surface area contributed by atoms with E-state index in [0.717, 1.165) is 33.4 Å².